The smallest absolute Gasteiger partial charge is 0.335 e. The van der Waals surface area contributed by atoms with Crippen molar-refractivity contribution >= 4 is 5.97 Å². The van der Waals surface area contributed by atoms with Gasteiger partial charge in [0.05, 0.1) is 58.9 Å². The van der Waals surface area contributed by atoms with E-state index < -0.39 is 5.97 Å². The molecule has 0 unspecified atom stereocenters. The Morgan fingerprint density at radius 2 is 0.427 bits per heavy atom. The van der Waals surface area contributed by atoms with Gasteiger partial charge in [-0.15, -0.1) is 46.1 Å². The molecule has 7 aromatic carbocycles. The Kier molecular flexibility index (Phi) is 33.0. The van der Waals surface area contributed by atoms with Crippen LogP contribution in [-0.2, 0) is 39.6 Å². The highest BCUT2D eigenvalue weighted by atomic mass is 16.5. The Morgan fingerprint density at radius 1 is 0.271 bits per heavy atom. The first-order valence-electron chi connectivity index (χ1n) is 32.2. The predicted molar refractivity (Wildman–Crippen MR) is 378 cm³/mol. The lowest BCUT2D eigenvalue weighted by Crippen LogP contribution is -2.05. The number of rotatable bonds is 48. The molecule has 0 radical (unpaired) electrons. The summed E-state index contributed by atoms with van der Waals surface area (Å²) in [4.78, 5) is 12.8. The number of methoxy groups -OCH3 is 1. The van der Waals surface area contributed by atoms with Crippen molar-refractivity contribution in [1.82, 2.24) is 0 Å². The molecule has 7 aromatic rings. The van der Waals surface area contributed by atoms with Crippen LogP contribution in [0, 0.1) is 0 Å². The Hall–Kier alpha value is -10.6. The van der Waals surface area contributed by atoms with Gasteiger partial charge in [0.1, 0.15) is 120 Å². The molecule has 0 atom stereocenters. The minimum Gasteiger partial charge on any atom is -0.497 e. The van der Waals surface area contributed by atoms with Crippen LogP contribution in [-0.4, -0.2) is 64.4 Å². The number of carbonyl (C=O) groups is 1. The molecular weight excluding hydrogens is 1220 g/mol. The van der Waals surface area contributed by atoms with Crippen LogP contribution < -0.4 is 66.3 Å². The van der Waals surface area contributed by atoms with Crippen molar-refractivity contribution in [2.75, 3.05) is 53.4 Å². The van der Waals surface area contributed by atoms with Crippen molar-refractivity contribution < 1.29 is 76.2 Å². The zero-order valence-electron chi connectivity index (χ0n) is 55.8. The fourth-order valence-corrected chi connectivity index (χ4v) is 9.00. The highest BCUT2D eigenvalue weighted by Crippen LogP contribution is 2.34. The number of hydrogen-bond acceptors (Lipinski definition) is 15. The minimum atomic E-state index is -1.18. The molecule has 0 aliphatic carbocycles. The average molecular weight is 1310 g/mol. The summed E-state index contributed by atoms with van der Waals surface area (Å²) in [5, 5.41) is 10.4. The summed E-state index contributed by atoms with van der Waals surface area (Å²) in [5.74, 6) is 6.15. The van der Waals surface area contributed by atoms with E-state index >= 15 is 0 Å². The fourth-order valence-electron chi connectivity index (χ4n) is 9.00. The molecule has 0 saturated carbocycles. The monoisotopic (exact) mass is 1310 g/mol. The number of aromatic carboxylic acids is 1. The van der Waals surface area contributed by atoms with Gasteiger partial charge in [-0.2, -0.15) is 0 Å². The number of hydrogen-bond donors (Lipinski definition) is 1. The maximum atomic E-state index is 12.8. The molecule has 0 bridgehead atoms. The third-order valence-corrected chi connectivity index (χ3v) is 13.6. The van der Waals surface area contributed by atoms with Crippen LogP contribution in [0.3, 0.4) is 0 Å². The highest BCUT2D eigenvalue weighted by molar-refractivity contribution is 5.88. The van der Waals surface area contributed by atoms with Gasteiger partial charge in [0.15, 0.2) is 0 Å². The number of carboxylic acids is 1. The Labute approximate surface area is 566 Å². The quantitative estimate of drug-likeness (QED) is 0.0282. The predicted octanol–water partition coefficient (Wildman–Crippen LogP) is 18.6. The largest absolute Gasteiger partial charge is 0.497 e. The second-order valence-corrected chi connectivity index (χ2v) is 21.3. The van der Waals surface area contributed by atoms with Gasteiger partial charge in [-0.3, -0.25) is 0 Å². The summed E-state index contributed by atoms with van der Waals surface area (Å²) in [7, 11) is 1.59. The number of carboxylic acid groups (broad SMARTS) is 1. The van der Waals surface area contributed by atoms with Crippen LogP contribution in [0.5, 0.6) is 80.5 Å². The van der Waals surface area contributed by atoms with Gasteiger partial charge in [-0.05, 0) is 163 Å². The second kappa shape index (κ2) is 42.6. The first-order valence-corrected chi connectivity index (χ1v) is 32.2. The van der Waals surface area contributed by atoms with E-state index in [1.54, 1.807) is 67.8 Å². The zero-order chi connectivity index (χ0) is 68.5. The fraction of sp³-hybridized carbons (Fsp3) is 0.287. The van der Waals surface area contributed by atoms with E-state index in [9.17, 15) is 9.90 Å². The summed E-state index contributed by atoms with van der Waals surface area (Å²) < 4.78 is 86.7. The van der Waals surface area contributed by atoms with Gasteiger partial charge < -0.3 is 71.4 Å². The van der Waals surface area contributed by atoms with E-state index in [0.29, 0.717) is 171 Å². The average Bonchev–Trinajstić information content (AvgIpc) is 0.936. The lowest BCUT2D eigenvalue weighted by Gasteiger charge is -2.16. The molecule has 0 aliphatic heterocycles. The summed E-state index contributed by atoms with van der Waals surface area (Å²) in [6, 6.07) is 38.0. The summed E-state index contributed by atoms with van der Waals surface area (Å²) in [5.41, 5.74) is 4.44. The van der Waals surface area contributed by atoms with E-state index in [4.69, 9.17) is 66.3 Å². The molecular formula is C80H92O16. The number of ether oxygens (including phenoxy) is 14. The third-order valence-electron chi connectivity index (χ3n) is 13.6. The van der Waals surface area contributed by atoms with Crippen molar-refractivity contribution in [3.8, 4) is 80.5 Å². The van der Waals surface area contributed by atoms with Gasteiger partial charge in [0.25, 0.3) is 0 Å². The molecule has 7 rings (SSSR count). The van der Waals surface area contributed by atoms with Crippen molar-refractivity contribution in [1.29, 1.82) is 0 Å². The summed E-state index contributed by atoms with van der Waals surface area (Å²) in [6.45, 7) is 34.3. The minimum absolute atomic E-state index is 0.0247. The maximum absolute atomic E-state index is 12.8. The van der Waals surface area contributed by atoms with Crippen LogP contribution in [0.4, 0.5) is 0 Å². The van der Waals surface area contributed by atoms with E-state index in [1.165, 1.54) is 12.1 Å². The van der Waals surface area contributed by atoms with E-state index in [1.807, 2.05) is 111 Å². The molecule has 0 saturated heterocycles. The van der Waals surface area contributed by atoms with Gasteiger partial charge in [0.2, 0.25) is 0 Å². The molecule has 0 aliphatic rings. The normalized spacial score (nSPS) is 10.4. The summed E-state index contributed by atoms with van der Waals surface area (Å²) in [6.07, 6.45) is 17.3. The standard InChI is InChI=1S/C78H86O16.C2H6/c1-9-16-23-82-65-31-57(30-64(44-65)81-8)51-89-72-38-61(39-73(48-72)90-52-58-32-66(83-24-17-10-2)45-67(33-58)84-25-18-11-3)55-93-76-42-63(78(79)80)43-77(50-76)94-56-62-40-74(91-53-59-34-68(85-26-19-12-4)46-69(35-59)86-27-20-13-5)49-75(41-62)92-54-60-36-70(87-28-21-14-6)47-71(37-60)88-29-22-15-7;1-2/h9-15,30-50H,1-7,16-29,51-56H2,8H3,(H,79,80);1-2H3. The van der Waals surface area contributed by atoms with Crippen molar-refractivity contribution in [2.24, 2.45) is 0 Å². The van der Waals surface area contributed by atoms with Crippen molar-refractivity contribution in [3.05, 3.63) is 255 Å². The first kappa shape index (κ1) is 74.4. The molecule has 0 amide bonds. The van der Waals surface area contributed by atoms with E-state index in [2.05, 4.69) is 46.1 Å². The third kappa shape index (κ3) is 27.2. The lowest BCUT2D eigenvalue weighted by molar-refractivity contribution is 0.0695. The molecule has 0 heterocycles. The topological polar surface area (TPSA) is 167 Å². The molecule has 0 fully saturated rings. The van der Waals surface area contributed by atoms with E-state index in [0.717, 1.165) is 22.3 Å². The van der Waals surface area contributed by atoms with Gasteiger partial charge in [-0.25, -0.2) is 4.79 Å². The zero-order valence-corrected chi connectivity index (χ0v) is 55.8. The Morgan fingerprint density at radius 3 is 0.594 bits per heavy atom. The molecule has 16 nitrogen and oxygen atoms in total. The van der Waals surface area contributed by atoms with E-state index in [-0.39, 0.29) is 56.7 Å². The highest BCUT2D eigenvalue weighted by Gasteiger charge is 2.16. The van der Waals surface area contributed by atoms with Crippen LogP contribution in [0.25, 0.3) is 0 Å². The number of benzene rings is 7. The molecule has 16 heteroatoms. The van der Waals surface area contributed by atoms with Crippen LogP contribution in [0.1, 0.15) is 103 Å². The first-order chi connectivity index (χ1) is 47.0. The summed E-state index contributed by atoms with van der Waals surface area (Å²) >= 11 is 0. The van der Waals surface area contributed by atoms with Crippen LogP contribution in [0.15, 0.2) is 216 Å². The molecule has 96 heavy (non-hydrogen) atoms. The van der Waals surface area contributed by atoms with Crippen LogP contribution in [0.2, 0.25) is 0 Å². The lowest BCUT2D eigenvalue weighted by atomic mass is 10.1. The van der Waals surface area contributed by atoms with Crippen molar-refractivity contribution in [3.63, 3.8) is 0 Å². The molecule has 508 valence electrons. The van der Waals surface area contributed by atoms with Crippen LogP contribution >= 0.6 is 0 Å². The Bertz CT molecular complexity index is 3410. The van der Waals surface area contributed by atoms with Crippen molar-refractivity contribution in [2.45, 2.75) is 98.4 Å². The van der Waals surface area contributed by atoms with Gasteiger partial charge >= 0.3 is 5.97 Å². The van der Waals surface area contributed by atoms with Gasteiger partial charge in [0, 0.05) is 42.5 Å². The SMILES string of the molecule is C=CCCOc1cc(COc2cc(COc3cc(OCc4cc(OCc5cc(OCCC=C)cc(OCCC=C)c5)cc(OCc5cc(OCCC=C)cc(OCCC=C)c5)c4)cc(C(=O)O)c3)cc(OCc3cc(OCCC=C)cc(OCCC=C)c3)c2)cc(OC)c1.CC. The van der Waals surface area contributed by atoms with Gasteiger partial charge in [-0.1, -0.05) is 56.4 Å². The molecule has 0 spiro atoms. The molecule has 0 aromatic heterocycles. The maximum Gasteiger partial charge on any atom is 0.335 e. The Balaban J connectivity index is 0.00000722. The second-order valence-electron chi connectivity index (χ2n) is 21.3. The molecule has 1 N–H and O–H groups in total.